The van der Waals surface area contributed by atoms with Gasteiger partial charge in [-0.05, 0) is 75.3 Å². The average molecular weight is 438 g/mol. The molecule has 0 spiro atoms. The summed E-state index contributed by atoms with van der Waals surface area (Å²) in [7, 11) is 0. The fraction of sp³-hybridized carbons (Fsp3) is 0.773. The summed E-state index contributed by atoms with van der Waals surface area (Å²) >= 11 is 0. The van der Waals surface area contributed by atoms with Gasteiger partial charge in [0, 0.05) is 50.5 Å². The number of anilines is 1. The molecule has 168 valence electrons. The van der Waals surface area contributed by atoms with Crippen LogP contribution in [0.5, 0.6) is 0 Å². The van der Waals surface area contributed by atoms with Crippen LogP contribution in [0.25, 0.3) is 0 Å². The summed E-state index contributed by atoms with van der Waals surface area (Å²) < 4.78 is 0. The molecule has 7 nitrogen and oxygen atoms in total. The predicted octanol–water partition coefficient (Wildman–Crippen LogP) is 1.92. The molecule has 2 heterocycles. The van der Waals surface area contributed by atoms with Crippen LogP contribution >= 0.6 is 12.4 Å². The molecule has 4 bridgehead atoms. The van der Waals surface area contributed by atoms with Crippen LogP contribution in [0.3, 0.4) is 0 Å². The van der Waals surface area contributed by atoms with Gasteiger partial charge in [0.25, 0.3) is 0 Å². The molecule has 4 saturated carbocycles. The fourth-order valence-electron chi connectivity index (χ4n) is 6.71. The molecule has 1 amide bonds. The summed E-state index contributed by atoms with van der Waals surface area (Å²) in [4.78, 5) is 26.5. The minimum atomic E-state index is -0.00391. The van der Waals surface area contributed by atoms with Gasteiger partial charge in [0.1, 0.15) is 0 Å². The number of amides is 1. The summed E-state index contributed by atoms with van der Waals surface area (Å²) in [6.07, 6.45) is 12.3. The van der Waals surface area contributed by atoms with Crippen LogP contribution in [0.4, 0.5) is 5.95 Å². The molecule has 5 fully saturated rings. The Balaban J connectivity index is 0.00000128. The lowest BCUT2D eigenvalue weighted by Gasteiger charge is -2.55. The molecule has 5 aliphatic rings. The molecule has 3 N–H and O–H groups in total. The zero-order chi connectivity index (χ0) is 19.0. The molecule has 0 aromatic carbocycles. The summed E-state index contributed by atoms with van der Waals surface area (Å²) in [5, 5.41) is 3.32. The smallest absolute Gasteiger partial charge is 0.226 e. The highest BCUT2D eigenvalue weighted by molar-refractivity contribution is 5.85. The average Bonchev–Trinajstić information content (AvgIpc) is 2.71. The lowest BCUT2D eigenvalue weighted by atomic mass is 9.49. The van der Waals surface area contributed by atoms with Crippen molar-refractivity contribution in [1.29, 1.82) is 0 Å². The number of nitrogens with one attached hydrogen (secondary N) is 1. The van der Waals surface area contributed by atoms with E-state index < -0.39 is 0 Å². The largest absolute Gasteiger partial charge is 0.412 e. The van der Waals surface area contributed by atoms with E-state index in [1.54, 1.807) is 12.4 Å². The van der Waals surface area contributed by atoms with Crippen LogP contribution in [0.15, 0.2) is 18.5 Å². The molecule has 1 aromatic rings. The molecular formula is C22H36ClN5O2. The maximum atomic E-state index is 13.0. The molecule has 1 saturated heterocycles. The van der Waals surface area contributed by atoms with Gasteiger partial charge in [0.2, 0.25) is 11.9 Å². The van der Waals surface area contributed by atoms with Crippen molar-refractivity contribution >= 4 is 24.3 Å². The molecule has 8 heteroatoms. The van der Waals surface area contributed by atoms with Gasteiger partial charge < -0.3 is 15.7 Å². The second-order valence-corrected chi connectivity index (χ2v) is 9.68. The zero-order valence-electron chi connectivity index (χ0n) is 17.8. The van der Waals surface area contributed by atoms with Crippen molar-refractivity contribution in [3.63, 3.8) is 0 Å². The summed E-state index contributed by atoms with van der Waals surface area (Å²) in [6.45, 7) is 5.92. The van der Waals surface area contributed by atoms with Crippen molar-refractivity contribution in [2.45, 2.75) is 44.9 Å². The molecule has 1 aliphatic heterocycles. The first-order valence-electron chi connectivity index (χ1n) is 11.2. The van der Waals surface area contributed by atoms with Crippen LogP contribution in [0, 0.1) is 23.2 Å². The standard InChI is InChI=1S/C22H33N5O.ClH.H2O/c28-20(22-14-17-11-18(15-22)13-19(12-17)16-22)23-5-2-6-26-7-9-27(10-8-26)21-24-3-1-4-25-21;;/h1,3-4,17-19H,2,5-16H2,(H,23,28);1H;1H2. The van der Waals surface area contributed by atoms with Gasteiger partial charge in [-0.3, -0.25) is 9.69 Å². The first kappa shape index (κ1) is 23.2. The van der Waals surface area contributed by atoms with Gasteiger partial charge in [-0.2, -0.15) is 0 Å². The van der Waals surface area contributed by atoms with E-state index >= 15 is 0 Å². The first-order chi connectivity index (χ1) is 13.7. The number of carbonyl (C=O) groups is 1. The van der Waals surface area contributed by atoms with E-state index in [1.165, 1.54) is 19.3 Å². The minimum Gasteiger partial charge on any atom is -0.412 e. The van der Waals surface area contributed by atoms with Crippen LogP contribution in [0.2, 0.25) is 0 Å². The van der Waals surface area contributed by atoms with Gasteiger partial charge in [-0.1, -0.05) is 0 Å². The lowest BCUT2D eigenvalue weighted by molar-refractivity contribution is -0.146. The monoisotopic (exact) mass is 437 g/mol. The highest BCUT2D eigenvalue weighted by Crippen LogP contribution is 2.60. The summed E-state index contributed by atoms with van der Waals surface area (Å²) in [5.41, 5.74) is -0.00391. The van der Waals surface area contributed by atoms with Crippen LogP contribution in [0.1, 0.15) is 44.9 Å². The van der Waals surface area contributed by atoms with Gasteiger partial charge >= 0.3 is 0 Å². The fourth-order valence-corrected chi connectivity index (χ4v) is 6.71. The quantitative estimate of drug-likeness (QED) is 0.686. The topological polar surface area (TPSA) is 92.9 Å². The van der Waals surface area contributed by atoms with E-state index in [1.807, 2.05) is 6.07 Å². The minimum absolute atomic E-state index is 0. The number of aromatic nitrogens is 2. The van der Waals surface area contributed by atoms with E-state index in [0.29, 0.717) is 5.91 Å². The Morgan fingerprint density at radius 2 is 1.57 bits per heavy atom. The van der Waals surface area contributed by atoms with Crippen molar-refractivity contribution in [2.24, 2.45) is 23.2 Å². The van der Waals surface area contributed by atoms with Crippen LogP contribution in [-0.4, -0.2) is 65.5 Å². The number of piperazine rings is 1. The molecule has 0 atom stereocenters. The Labute approximate surface area is 185 Å². The SMILES string of the molecule is Cl.O.O=C(NCCCN1CCN(c2ncccn2)CC1)C12CC3CC(CC(C3)C1)C2. The maximum absolute atomic E-state index is 13.0. The van der Waals surface area contributed by atoms with E-state index in [9.17, 15) is 4.79 Å². The van der Waals surface area contributed by atoms with Crippen LogP contribution in [-0.2, 0) is 4.79 Å². The summed E-state index contributed by atoms with van der Waals surface area (Å²) in [5.74, 6) is 3.72. The van der Waals surface area contributed by atoms with E-state index in [2.05, 4.69) is 25.1 Å². The molecular weight excluding hydrogens is 402 g/mol. The van der Waals surface area contributed by atoms with Crippen molar-refractivity contribution in [3.8, 4) is 0 Å². The molecule has 0 radical (unpaired) electrons. The van der Waals surface area contributed by atoms with Crippen LogP contribution < -0.4 is 10.2 Å². The Kier molecular flexibility index (Phi) is 7.58. The second-order valence-electron chi connectivity index (χ2n) is 9.68. The lowest BCUT2D eigenvalue weighted by Crippen LogP contribution is -2.53. The Morgan fingerprint density at radius 3 is 2.13 bits per heavy atom. The Bertz CT molecular complexity index is 661. The zero-order valence-corrected chi connectivity index (χ0v) is 18.6. The molecule has 0 unspecified atom stereocenters. The molecule has 30 heavy (non-hydrogen) atoms. The molecule has 1 aromatic heterocycles. The first-order valence-corrected chi connectivity index (χ1v) is 11.2. The Morgan fingerprint density at radius 1 is 1.00 bits per heavy atom. The van der Waals surface area contributed by atoms with Gasteiger partial charge in [-0.25, -0.2) is 9.97 Å². The number of carbonyl (C=O) groups excluding carboxylic acids is 1. The van der Waals surface area contributed by atoms with Gasteiger partial charge in [0.15, 0.2) is 0 Å². The van der Waals surface area contributed by atoms with E-state index in [0.717, 1.165) is 88.7 Å². The van der Waals surface area contributed by atoms with Crippen molar-refractivity contribution in [3.05, 3.63) is 18.5 Å². The number of nitrogens with zero attached hydrogens (tertiary/aromatic N) is 4. The normalized spacial score (nSPS) is 32.3. The third-order valence-corrected chi connectivity index (χ3v) is 7.66. The number of halogens is 1. The maximum Gasteiger partial charge on any atom is 0.226 e. The van der Waals surface area contributed by atoms with Crippen molar-refractivity contribution in [1.82, 2.24) is 20.2 Å². The number of rotatable bonds is 6. The molecule has 6 rings (SSSR count). The highest BCUT2D eigenvalue weighted by atomic mass is 35.5. The summed E-state index contributed by atoms with van der Waals surface area (Å²) in [6, 6.07) is 1.86. The second kappa shape index (κ2) is 9.79. The van der Waals surface area contributed by atoms with E-state index in [4.69, 9.17) is 0 Å². The third-order valence-electron chi connectivity index (χ3n) is 7.66. The number of hydrogen-bond donors (Lipinski definition) is 1. The predicted molar refractivity (Wildman–Crippen MR) is 120 cm³/mol. The third kappa shape index (κ3) is 4.73. The van der Waals surface area contributed by atoms with E-state index in [-0.39, 0.29) is 23.3 Å². The highest BCUT2D eigenvalue weighted by Gasteiger charge is 2.54. The van der Waals surface area contributed by atoms with Gasteiger partial charge in [-0.15, -0.1) is 12.4 Å². The van der Waals surface area contributed by atoms with Crippen molar-refractivity contribution in [2.75, 3.05) is 44.2 Å². The molecule has 4 aliphatic carbocycles. The van der Waals surface area contributed by atoms with Gasteiger partial charge in [0.05, 0.1) is 0 Å². The van der Waals surface area contributed by atoms with Crippen molar-refractivity contribution < 1.29 is 10.3 Å². The Hall–Kier alpha value is -1.44. The number of hydrogen-bond acceptors (Lipinski definition) is 5.